The molecule has 0 aliphatic carbocycles. The Morgan fingerprint density at radius 3 is 2.52 bits per heavy atom. The summed E-state index contributed by atoms with van der Waals surface area (Å²) in [5.41, 5.74) is 0.491. The van der Waals surface area contributed by atoms with E-state index in [0.29, 0.717) is 18.7 Å². The summed E-state index contributed by atoms with van der Waals surface area (Å²) in [6.45, 7) is 5.17. The number of sulfonamides is 1. The molecule has 0 radical (unpaired) electrons. The fourth-order valence-corrected chi connectivity index (χ4v) is 5.04. The third kappa shape index (κ3) is 3.10. The first-order valence-electron chi connectivity index (χ1n) is 7.23. The second-order valence-electron chi connectivity index (χ2n) is 5.68. The number of benzene rings is 1. The van der Waals surface area contributed by atoms with Gasteiger partial charge in [-0.3, -0.25) is 0 Å². The molecule has 1 aliphatic rings. The molecular formula is C15H21ClFNO2S. The molecule has 2 rings (SSSR count). The molecule has 1 aromatic rings. The number of rotatable bonds is 5. The highest BCUT2D eigenvalue weighted by Gasteiger charge is 2.41. The van der Waals surface area contributed by atoms with Gasteiger partial charge in [-0.15, -0.1) is 11.6 Å². The Bertz CT molecular complexity index is 614. The predicted molar refractivity (Wildman–Crippen MR) is 82.3 cm³/mol. The van der Waals surface area contributed by atoms with Crippen LogP contribution in [0.25, 0.3) is 0 Å². The Kier molecular flexibility index (Phi) is 4.96. The van der Waals surface area contributed by atoms with E-state index in [1.807, 2.05) is 0 Å². The highest BCUT2D eigenvalue weighted by atomic mass is 35.5. The van der Waals surface area contributed by atoms with Gasteiger partial charge in [0.1, 0.15) is 5.82 Å². The summed E-state index contributed by atoms with van der Waals surface area (Å²) in [5, 5.41) is 0. The zero-order valence-electron chi connectivity index (χ0n) is 12.4. The van der Waals surface area contributed by atoms with Crippen LogP contribution in [0, 0.1) is 11.2 Å². The second-order valence-corrected chi connectivity index (χ2v) is 7.85. The maximum atomic E-state index is 13.5. The van der Waals surface area contributed by atoms with E-state index in [1.165, 1.54) is 16.4 Å². The molecule has 1 aliphatic heterocycles. The minimum absolute atomic E-state index is 0.000469. The van der Waals surface area contributed by atoms with Gasteiger partial charge in [-0.2, -0.15) is 4.31 Å². The van der Waals surface area contributed by atoms with Crippen molar-refractivity contribution in [1.29, 1.82) is 0 Å². The highest BCUT2D eigenvalue weighted by molar-refractivity contribution is 7.89. The van der Waals surface area contributed by atoms with Crippen molar-refractivity contribution >= 4 is 21.6 Å². The van der Waals surface area contributed by atoms with E-state index in [2.05, 4.69) is 13.8 Å². The van der Waals surface area contributed by atoms with Crippen LogP contribution in [0.1, 0.15) is 38.7 Å². The van der Waals surface area contributed by atoms with E-state index in [9.17, 15) is 12.8 Å². The minimum Gasteiger partial charge on any atom is -0.207 e. The standard InChI is InChI=1S/C15H21ClFNO2S/c1-3-15(4-2)7-8-18(11-15)21(19,20)14-9-13(17)6-5-12(14)10-16/h5-6,9H,3-4,7-8,10-11H2,1-2H3. The zero-order chi connectivity index (χ0) is 15.7. The van der Waals surface area contributed by atoms with Crippen LogP contribution < -0.4 is 0 Å². The molecule has 6 heteroatoms. The number of hydrogen-bond donors (Lipinski definition) is 0. The molecule has 21 heavy (non-hydrogen) atoms. The summed E-state index contributed by atoms with van der Waals surface area (Å²) in [7, 11) is -3.69. The molecular weight excluding hydrogens is 313 g/mol. The van der Waals surface area contributed by atoms with Crippen molar-refractivity contribution < 1.29 is 12.8 Å². The van der Waals surface area contributed by atoms with Crippen LogP contribution in [0.15, 0.2) is 23.1 Å². The van der Waals surface area contributed by atoms with E-state index in [0.717, 1.165) is 25.3 Å². The van der Waals surface area contributed by atoms with Crippen molar-refractivity contribution in [3.63, 3.8) is 0 Å². The van der Waals surface area contributed by atoms with E-state index >= 15 is 0 Å². The summed E-state index contributed by atoms with van der Waals surface area (Å²) < 4.78 is 40.5. The van der Waals surface area contributed by atoms with Crippen molar-refractivity contribution in [3.8, 4) is 0 Å². The first-order valence-corrected chi connectivity index (χ1v) is 9.20. The Hall–Kier alpha value is -0.650. The molecule has 0 saturated carbocycles. The molecule has 0 spiro atoms. The molecule has 0 unspecified atom stereocenters. The fourth-order valence-electron chi connectivity index (χ4n) is 2.94. The van der Waals surface area contributed by atoms with Crippen molar-refractivity contribution in [1.82, 2.24) is 4.31 Å². The number of alkyl halides is 1. The Labute approximate surface area is 131 Å². The first-order chi connectivity index (χ1) is 9.88. The summed E-state index contributed by atoms with van der Waals surface area (Å²) in [4.78, 5) is 0.000469. The van der Waals surface area contributed by atoms with Crippen LogP contribution >= 0.6 is 11.6 Å². The fraction of sp³-hybridized carbons (Fsp3) is 0.600. The zero-order valence-corrected chi connectivity index (χ0v) is 14.0. The van der Waals surface area contributed by atoms with Crippen LogP contribution in [0.5, 0.6) is 0 Å². The number of hydrogen-bond acceptors (Lipinski definition) is 2. The Morgan fingerprint density at radius 2 is 2.00 bits per heavy atom. The molecule has 0 N–H and O–H groups in total. The Morgan fingerprint density at radius 1 is 1.33 bits per heavy atom. The molecule has 0 amide bonds. The van der Waals surface area contributed by atoms with E-state index < -0.39 is 15.8 Å². The van der Waals surface area contributed by atoms with Gasteiger partial charge in [-0.25, -0.2) is 12.8 Å². The average molecular weight is 334 g/mol. The van der Waals surface area contributed by atoms with Crippen LogP contribution in [0.4, 0.5) is 4.39 Å². The van der Waals surface area contributed by atoms with Gasteiger partial charge in [0.2, 0.25) is 10.0 Å². The lowest BCUT2D eigenvalue weighted by molar-refractivity contribution is 0.279. The van der Waals surface area contributed by atoms with Gasteiger partial charge >= 0.3 is 0 Å². The number of nitrogens with zero attached hydrogens (tertiary/aromatic N) is 1. The summed E-state index contributed by atoms with van der Waals surface area (Å²) in [6, 6.07) is 3.76. The molecule has 118 valence electrons. The van der Waals surface area contributed by atoms with Crippen molar-refractivity contribution in [2.45, 2.75) is 43.9 Å². The topological polar surface area (TPSA) is 37.4 Å². The van der Waals surface area contributed by atoms with Gasteiger partial charge < -0.3 is 0 Å². The second kappa shape index (κ2) is 6.23. The maximum Gasteiger partial charge on any atom is 0.243 e. The molecule has 1 heterocycles. The Balaban J connectivity index is 2.38. The molecule has 0 atom stereocenters. The smallest absolute Gasteiger partial charge is 0.207 e. The van der Waals surface area contributed by atoms with Crippen LogP contribution in [0.2, 0.25) is 0 Å². The molecule has 1 aromatic carbocycles. The minimum atomic E-state index is -3.69. The third-order valence-electron chi connectivity index (χ3n) is 4.69. The molecule has 1 saturated heterocycles. The van der Waals surface area contributed by atoms with Crippen LogP contribution in [-0.2, 0) is 15.9 Å². The maximum absolute atomic E-state index is 13.5. The number of halogens is 2. The van der Waals surface area contributed by atoms with Crippen LogP contribution in [0.3, 0.4) is 0 Å². The van der Waals surface area contributed by atoms with E-state index in [4.69, 9.17) is 11.6 Å². The van der Waals surface area contributed by atoms with E-state index in [-0.39, 0.29) is 16.2 Å². The SMILES string of the molecule is CCC1(CC)CCN(S(=O)(=O)c2cc(F)ccc2CCl)C1. The third-order valence-corrected chi connectivity index (χ3v) is 6.91. The first kappa shape index (κ1) is 16.7. The van der Waals surface area contributed by atoms with Gasteiger partial charge in [-0.1, -0.05) is 19.9 Å². The molecule has 3 nitrogen and oxygen atoms in total. The highest BCUT2D eigenvalue weighted by Crippen LogP contribution is 2.39. The van der Waals surface area contributed by atoms with Gasteiger partial charge in [0.25, 0.3) is 0 Å². The normalized spacial score (nSPS) is 19.0. The monoisotopic (exact) mass is 333 g/mol. The van der Waals surface area contributed by atoms with Crippen LogP contribution in [-0.4, -0.2) is 25.8 Å². The quantitative estimate of drug-likeness (QED) is 0.769. The lowest BCUT2D eigenvalue weighted by Crippen LogP contribution is -2.32. The summed E-state index contributed by atoms with van der Waals surface area (Å²) >= 11 is 5.80. The average Bonchev–Trinajstić information content (AvgIpc) is 2.93. The largest absolute Gasteiger partial charge is 0.243 e. The summed E-state index contributed by atoms with van der Waals surface area (Å²) in [6.07, 6.45) is 2.74. The molecule has 1 fully saturated rings. The lowest BCUT2D eigenvalue weighted by Gasteiger charge is -2.26. The summed E-state index contributed by atoms with van der Waals surface area (Å²) in [5.74, 6) is -0.506. The van der Waals surface area contributed by atoms with Crippen molar-refractivity contribution in [3.05, 3.63) is 29.6 Å². The predicted octanol–water partition coefficient (Wildman–Crippen LogP) is 3.77. The molecule has 0 bridgehead atoms. The van der Waals surface area contributed by atoms with E-state index in [1.54, 1.807) is 0 Å². The molecule has 0 aromatic heterocycles. The van der Waals surface area contributed by atoms with Crippen molar-refractivity contribution in [2.75, 3.05) is 13.1 Å². The van der Waals surface area contributed by atoms with Gasteiger partial charge in [-0.05, 0) is 42.4 Å². The van der Waals surface area contributed by atoms with Gasteiger partial charge in [0, 0.05) is 19.0 Å². The van der Waals surface area contributed by atoms with Gasteiger partial charge in [0.05, 0.1) is 4.90 Å². The lowest BCUT2D eigenvalue weighted by atomic mass is 9.82. The van der Waals surface area contributed by atoms with Gasteiger partial charge in [0.15, 0.2) is 0 Å². The van der Waals surface area contributed by atoms with Crippen molar-refractivity contribution in [2.24, 2.45) is 5.41 Å².